The van der Waals surface area contributed by atoms with Crippen LogP contribution in [0, 0.1) is 0 Å². The second kappa shape index (κ2) is 14.8. The highest BCUT2D eigenvalue weighted by molar-refractivity contribution is 6.25. The largest absolute Gasteiger partial charge is 0.383 e. The van der Waals surface area contributed by atoms with Crippen LogP contribution in [-0.2, 0) is 6.54 Å². The molecule has 3 N–H and O–H groups in total. The molecule has 1 atom stereocenters. The molecule has 3 nitrogen and oxygen atoms in total. The summed E-state index contributed by atoms with van der Waals surface area (Å²) in [4.78, 5) is 4.83. The molecule has 0 bridgehead atoms. The van der Waals surface area contributed by atoms with E-state index in [4.69, 9.17) is 10.7 Å². The maximum Gasteiger partial charge on any atom is 0.127 e. The van der Waals surface area contributed by atoms with Crippen LogP contribution in [0.2, 0.25) is 0 Å². The van der Waals surface area contributed by atoms with Gasteiger partial charge in [0.2, 0.25) is 0 Å². The molecule has 0 aliphatic rings. The van der Waals surface area contributed by atoms with Crippen LogP contribution in [-0.4, -0.2) is 12.0 Å². The van der Waals surface area contributed by atoms with Gasteiger partial charge in [0.25, 0.3) is 0 Å². The van der Waals surface area contributed by atoms with Gasteiger partial charge in [0.05, 0.1) is 0 Å². The van der Waals surface area contributed by atoms with Crippen LogP contribution in [0.3, 0.4) is 0 Å². The quantitative estimate of drug-likeness (QED) is 0.0653. The van der Waals surface area contributed by atoms with Gasteiger partial charge >= 0.3 is 0 Å². The van der Waals surface area contributed by atoms with E-state index in [0.29, 0.717) is 12.4 Å². The van der Waals surface area contributed by atoms with Gasteiger partial charge in [-0.05, 0) is 97.8 Å². The number of hydrogen-bond acceptors (Lipinski definition) is 2. The molecule has 0 saturated heterocycles. The van der Waals surface area contributed by atoms with Crippen molar-refractivity contribution in [3.8, 4) is 22.3 Å². The van der Waals surface area contributed by atoms with Gasteiger partial charge in [-0.3, -0.25) is 5.32 Å². The lowest BCUT2D eigenvalue weighted by Gasteiger charge is -2.18. The minimum atomic E-state index is -0.340. The zero-order valence-corrected chi connectivity index (χ0v) is 27.7. The number of nitrogens with zero attached hydrogens (tertiary/aromatic N) is 1. The average Bonchev–Trinajstić information content (AvgIpc) is 3.14. The van der Waals surface area contributed by atoms with E-state index in [0.717, 1.165) is 22.3 Å². The Kier molecular flexibility index (Phi) is 9.90. The van der Waals surface area contributed by atoms with Crippen LogP contribution in [0.15, 0.2) is 181 Å². The molecule has 6 aromatic carbocycles. The zero-order valence-electron chi connectivity index (χ0n) is 27.7. The molecule has 0 aliphatic heterocycles. The maximum absolute atomic E-state index is 6.43. The average molecular weight is 624 g/mol. The molecule has 0 fully saturated rings. The van der Waals surface area contributed by atoms with Gasteiger partial charge in [-0.15, -0.1) is 0 Å². The molecular weight excluding hydrogens is 583 g/mol. The lowest BCUT2D eigenvalue weighted by Crippen LogP contribution is -2.31. The Morgan fingerprint density at radius 3 is 1.81 bits per heavy atom. The van der Waals surface area contributed by atoms with Crippen molar-refractivity contribution in [2.24, 2.45) is 10.7 Å². The van der Waals surface area contributed by atoms with Gasteiger partial charge < -0.3 is 5.73 Å². The van der Waals surface area contributed by atoms with Crippen LogP contribution < -0.4 is 11.1 Å². The van der Waals surface area contributed by atoms with Crippen molar-refractivity contribution in [3.05, 3.63) is 182 Å². The summed E-state index contributed by atoms with van der Waals surface area (Å²) >= 11 is 0. The SMILES string of the molecule is C=C\C=C/C(=C\C)C(/N)=N/C(NCc1cccc(-c2cccc(-c3ccc4c5ccccc5c5ccccc5c4c3)c2)c1)/C(C=C)=C/C. The summed E-state index contributed by atoms with van der Waals surface area (Å²) in [5.41, 5.74) is 14.1. The molecular formula is C45H41N3. The third-order valence-corrected chi connectivity index (χ3v) is 8.87. The number of fused-ring (bicyclic) bond motifs is 6. The number of allylic oxidation sites excluding steroid dienone is 4. The minimum Gasteiger partial charge on any atom is -0.383 e. The van der Waals surface area contributed by atoms with Crippen LogP contribution in [0.5, 0.6) is 0 Å². The van der Waals surface area contributed by atoms with Gasteiger partial charge in [0, 0.05) is 12.1 Å². The fourth-order valence-corrected chi connectivity index (χ4v) is 6.38. The first-order valence-corrected chi connectivity index (χ1v) is 16.4. The second-order valence-electron chi connectivity index (χ2n) is 11.8. The molecule has 48 heavy (non-hydrogen) atoms. The fourth-order valence-electron chi connectivity index (χ4n) is 6.38. The molecule has 6 aromatic rings. The summed E-state index contributed by atoms with van der Waals surface area (Å²) < 4.78 is 0. The third-order valence-electron chi connectivity index (χ3n) is 8.87. The molecule has 0 saturated carbocycles. The lowest BCUT2D eigenvalue weighted by molar-refractivity contribution is 0.597. The Morgan fingerprint density at radius 2 is 1.23 bits per heavy atom. The Hall–Kier alpha value is -5.77. The summed E-state index contributed by atoms with van der Waals surface area (Å²) in [5.74, 6) is 0.453. The molecule has 0 spiro atoms. The Labute approximate surface area is 283 Å². The lowest BCUT2D eigenvalue weighted by atomic mass is 9.91. The highest BCUT2D eigenvalue weighted by Crippen LogP contribution is 2.37. The van der Waals surface area contributed by atoms with E-state index >= 15 is 0 Å². The number of nitrogens with two attached hydrogens (primary N) is 1. The number of nitrogens with one attached hydrogen (secondary N) is 1. The predicted molar refractivity (Wildman–Crippen MR) is 209 cm³/mol. The molecule has 0 radical (unpaired) electrons. The Morgan fingerprint density at radius 1 is 0.667 bits per heavy atom. The Bertz CT molecular complexity index is 2230. The second-order valence-corrected chi connectivity index (χ2v) is 11.8. The highest BCUT2D eigenvalue weighted by Gasteiger charge is 2.13. The van der Waals surface area contributed by atoms with Crippen molar-refractivity contribution < 1.29 is 0 Å². The Balaban J connectivity index is 1.30. The standard InChI is InChI=1S/C45H41N3/c1-5-9-17-33(8-4)44(46)48-45(32(6-2)7-3)47-30-31-16-14-18-34(27-31)35-19-15-20-36(28-35)37-25-26-42-40-23-11-10-21-38(40)39-22-12-13-24-41(39)43(42)29-37/h5-29,45,47H,1-2,30H2,3-4H3,(H2,46,48)/b17-9-,32-7+,33-8+. The number of rotatable bonds is 11. The summed E-state index contributed by atoms with van der Waals surface area (Å²) in [6.45, 7) is 12.3. The normalized spacial score (nSPS) is 13.4. The van der Waals surface area contributed by atoms with E-state index in [1.807, 2.05) is 44.2 Å². The van der Waals surface area contributed by atoms with Gasteiger partial charge in [-0.25, -0.2) is 4.99 Å². The van der Waals surface area contributed by atoms with E-state index in [9.17, 15) is 0 Å². The van der Waals surface area contributed by atoms with E-state index in [2.05, 4.69) is 134 Å². The van der Waals surface area contributed by atoms with Crippen LogP contribution >= 0.6 is 0 Å². The molecule has 0 aliphatic carbocycles. The van der Waals surface area contributed by atoms with E-state index in [1.54, 1.807) is 6.08 Å². The number of benzene rings is 6. The molecule has 6 rings (SSSR count). The van der Waals surface area contributed by atoms with Crippen molar-refractivity contribution in [1.29, 1.82) is 0 Å². The van der Waals surface area contributed by atoms with Crippen molar-refractivity contribution >= 4 is 38.2 Å². The van der Waals surface area contributed by atoms with Crippen molar-refractivity contribution in [2.75, 3.05) is 0 Å². The van der Waals surface area contributed by atoms with Gasteiger partial charge in [-0.2, -0.15) is 0 Å². The van der Waals surface area contributed by atoms with Gasteiger partial charge in [0.1, 0.15) is 12.0 Å². The van der Waals surface area contributed by atoms with E-state index < -0.39 is 0 Å². The molecule has 236 valence electrons. The molecule has 1 unspecified atom stereocenters. The fraction of sp³-hybridized carbons (Fsp3) is 0.0889. The number of hydrogen-bond donors (Lipinski definition) is 2. The molecule has 0 amide bonds. The van der Waals surface area contributed by atoms with Gasteiger partial charge in [0.15, 0.2) is 0 Å². The van der Waals surface area contributed by atoms with Crippen molar-refractivity contribution in [1.82, 2.24) is 5.32 Å². The smallest absolute Gasteiger partial charge is 0.127 e. The predicted octanol–water partition coefficient (Wildman–Crippen LogP) is 11.1. The topological polar surface area (TPSA) is 50.4 Å². The maximum atomic E-state index is 6.43. The van der Waals surface area contributed by atoms with E-state index in [1.165, 1.54) is 49.0 Å². The number of amidine groups is 1. The summed E-state index contributed by atoms with van der Waals surface area (Å²) in [7, 11) is 0. The van der Waals surface area contributed by atoms with Crippen LogP contribution in [0.1, 0.15) is 19.4 Å². The van der Waals surface area contributed by atoms with E-state index in [-0.39, 0.29) is 6.17 Å². The minimum absolute atomic E-state index is 0.340. The highest BCUT2D eigenvalue weighted by atomic mass is 15.1. The monoisotopic (exact) mass is 623 g/mol. The first-order valence-electron chi connectivity index (χ1n) is 16.4. The van der Waals surface area contributed by atoms with Gasteiger partial charge in [-0.1, -0.05) is 147 Å². The third kappa shape index (κ3) is 6.69. The van der Waals surface area contributed by atoms with Crippen molar-refractivity contribution in [2.45, 2.75) is 26.6 Å². The summed E-state index contributed by atoms with van der Waals surface area (Å²) in [6.07, 6.45) is 10.9. The summed E-state index contributed by atoms with van der Waals surface area (Å²) in [5, 5.41) is 11.3. The summed E-state index contributed by atoms with van der Waals surface area (Å²) in [6, 6.07) is 41.8. The first-order chi connectivity index (χ1) is 23.5. The number of aliphatic imine (C=N–C) groups is 1. The van der Waals surface area contributed by atoms with Crippen LogP contribution in [0.25, 0.3) is 54.6 Å². The van der Waals surface area contributed by atoms with Crippen LogP contribution in [0.4, 0.5) is 0 Å². The zero-order chi connectivity index (χ0) is 33.5. The molecule has 0 heterocycles. The molecule has 0 aromatic heterocycles. The van der Waals surface area contributed by atoms with Crippen molar-refractivity contribution in [3.63, 3.8) is 0 Å². The first kappa shape index (κ1) is 32.2. The molecule has 3 heteroatoms.